The van der Waals surface area contributed by atoms with E-state index in [1.165, 1.54) is 0 Å². The Morgan fingerprint density at radius 3 is 2.62 bits per heavy atom. The number of oxime groups is 1. The minimum absolute atomic E-state index is 0.0428. The van der Waals surface area contributed by atoms with Crippen molar-refractivity contribution in [2.45, 2.75) is 26.2 Å². The van der Waals surface area contributed by atoms with E-state index in [0.717, 1.165) is 17.7 Å². The number of methoxy groups -OCH3 is 1. The Morgan fingerprint density at radius 2 is 2.10 bits per heavy atom. The first-order valence-corrected chi connectivity index (χ1v) is 7.00. The highest BCUT2D eigenvalue weighted by Gasteiger charge is 2.21. The van der Waals surface area contributed by atoms with E-state index in [4.69, 9.17) is 15.7 Å². The molecule has 0 heterocycles. The lowest BCUT2D eigenvalue weighted by molar-refractivity contribution is -0.123. The quantitative estimate of drug-likeness (QED) is 0.293. The lowest BCUT2D eigenvalue weighted by Gasteiger charge is -2.14. The lowest BCUT2D eigenvalue weighted by atomic mass is 10.0. The fraction of sp³-hybridized carbons (Fsp3) is 0.467. The van der Waals surface area contributed by atoms with Gasteiger partial charge >= 0.3 is 0 Å². The number of nitrogens with one attached hydrogen (secondary N) is 1. The summed E-state index contributed by atoms with van der Waals surface area (Å²) in [6, 6.07) is 7.68. The standard InChI is InChI=1S/C15H23N3O3/c1-3-4-13(14(16)18-20)15(19)17-10-9-11-5-7-12(21-2)8-6-11/h5-8,13,20H,3-4,9-10H2,1-2H3,(H2,16,18)(H,17,19). The van der Waals surface area contributed by atoms with Gasteiger partial charge in [-0.2, -0.15) is 0 Å². The minimum Gasteiger partial charge on any atom is -0.497 e. The summed E-state index contributed by atoms with van der Waals surface area (Å²) in [6.07, 6.45) is 2.06. The monoisotopic (exact) mass is 293 g/mol. The van der Waals surface area contributed by atoms with Gasteiger partial charge in [-0.1, -0.05) is 30.6 Å². The Hall–Kier alpha value is -2.24. The molecule has 0 spiro atoms. The van der Waals surface area contributed by atoms with Gasteiger partial charge in [0, 0.05) is 6.54 Å². The molecule has 0 aliphatic heterocycles. The van der Waals surface area contributed by atoms with Crippen molar-refractivity contribution < 1.29 is 14.7 Å². The van der Waals surface area contributed by atoms with Crippen LogP contribution in [0.4, 0.5) is 0 Å². The van der Waals surface area contributed by atoms with Gasteiger partial charge in [0.05, 0.1) is 13.0 Å². The van der Waals surface area contributed by atoms with E-state index < -0.39 is 5.92 Å². The van der Waals surface area contributed by atoms with Crippen molar-refractivity contribution in [1.29, 1.82) is 0 Å². The van der Waals surface area contributed by atoms with Crippen LogP contribution in [0.1, 0.15) is 25.3 Å². The van der Waals surface area contributed by atoms with E-state index in [0.29, 0.717) is 19.4 Å². The first kappa shape index (κ1) is 16.8. The molecule has 0 aliphatic rings. The Kier molecular flexibility index (Phi) is 7.08. The van der Waals surface area contributed by atoms with Crippen LogP contribution in [0.3, 0.4) is 0 Å². The molecule has 0 fully saturated rings. The summed E-state index contributed by atoms with van der Waals surface area (Å²) in [5.74, 6) is -0.0203. The second-order valence-electron chi connectivity index (χ2n) is 4.76. The predicted octanol–water partition coefficient (Wildman–Crippen LogP) is 1.52. The van der Waals surface area contributed by atoms with Crippen LogP contribution < -0.4 is 15.8 Å². The van der Waals surface area contributed by atoms with Crippen molar-refractivity contribution in [3.63, 3.8) is 0 Å². The van der Waals surface area contributed by atoms with Gasteiger partial charge in [-0.15, -0.1) is 0 Å². The molecular weight excluding hydrogens is 270 g/mol. The highest BCUT2D eigenvalue weighted by molar-refractivity contribution is 6.02. The molecule has 4 N–H and O–H groups in total. The Balaban J connectivity index is 2.47. The fourth-order valence-electron chi connectivity index (χ4n) is 2.02. The molecule has 1 atom stereocenters. The van der Waals surface area contributed by atoms with Crippen molar-refractivity contribution in [1.82, 2.24) is 5.32 Å². The van der Waals surface area contributed by atoms with Crippen molar-refractivity contribution in [2.75, 3.05) is 13.7 Å². The molecule has 1 rings (SSSR count). The van der Waals surface area contributed by atoms with E-state index >= 15 is 0 Å². The predicted molar refractivity (Wildman–Crippen MR) is 81.5 cm³/mol. The van der Waals surface area contributed by atoms with Crippen LogP contribution in [-0.2, 0) is 11.2 Å². The number of carbonyl (C=O) groups is 1. The number of ether oxygens (including phenoxy) is 1. The summed E-state index contributed by atoms with van der Waals surface area (Å²) < 4.78 is 5.09. The highest BCUT2D eigenvalue weighted by atomic mass is 16.5. The van der Waals surface area contributed by atoms with E-state index in [1.54, 1.807) is 7.11 Å². The zero-order valence-corrected chi connectivity index (χ0v) is 12.5. The number of amidine groups is 1. The molecule has 0 radical (unpaired) electrons. The molecule has 0 saturated carbocycles. The van der Waals surface area contributed by atoms with E-state index in [2.05, 4.69) is 10.5 Å². The Morgan fingerprint density at radius 1 is 1.43 bits per heavy atom. The molecule has 21 heavy (non-hydrogen) atoms. The Bertz CT molecular complexity index is 472. The first-order valence-electron chi connectivity index (χ1n) is 7.00. The van der Waals surface area contributed by atoms with E-state index in [9.17, 15) is 4.79 Å². The van der Waals surface area contributed by atoms with Crippen LogP contribution in [0.25, 0.3) is 0 Å². The van der Waals surface area contributed by atoms with E-state index in [1.807, 2.05) is 31.2 Å². The zero-order chi connectivity index (χ0) is 15.7. The molecule has 0 saturated heterocycles. The van der Waals surface area contributed by atoms with Gasteiger partial charge in [0.25, 0.3) is 0 Å². The number of amides is 1. The maximum Gasteiger partial charge on any atom is 0.230 e. The van der Waals surface area contributed by atoms with Crippen molar-refractivity contribution >= 4 is 11.7 Å². The molecule has 0 bridgehead atoms. The molecule has 116 valence electrons. The third-order valence-corrected chi connectivity index (χ3v) is 3.24. The fourth-order valence-corrected chi connectivity index (χ4v) is 2.02. The first-order chi connectivity index (χ1) is 10.1. The summed E-state index contributed by atoms with van der Waals surface area (Å²) >= 11 is 0. The van der Waals surface area contributed by atoms with Crippen LogP contribution in [0.2, 0.25) is 0 Å². The number of nitrogens with zero attached hydrogens (tertiary/aromatic N) is 1. The van der Waals surface area contributed by atoms with Gasteiger partial charge in [0.15, 0.2) is 5.84 Å². The molecule has 1 unspecified atom stereocenters. The average molecular weight is 293 g/mol. The summed E-state index contributed by atoms with van der Waals surface area (Å²) in [4.78, 5) is 12.0. The molecule has 1 amide bonds. The Labute approximate surface area is 125 Å². The SMILES string of the molecule is CCCC(C(=O)NCCc1ccc(OC)cc1)C(N)=NO. The van der Waals surface area contributed by atoms with Gasteiger partial charge in [-0.05, 0) is 30.5 Å². The third-order valence-electron chi connectivity index (χ3n) is 3.24. The number of hydrogen-bond donors (Lipinski definition) is 3. The highest BCUT2D eigenvalue weighted by Crippen LogP contribution is 2.11. The van der Waals surface area contributed by atoms with Crippen LogP contribution in [0.15, 0.2) is 29.4 Å². The number of rotatable bonds is 8. The second kappa shape index (κ2) is 8.84. The van der Waals surface area contributed by atoms with Gasteiger partial charge in [0.1, 0.15) is 5.75 Å². The summed E-state index contributed by atoms with van der Waals surface area (Å²) in [5.41, 5.74) is 6.65. The van der Waals surface area contributed by atoms with Crippen LogP contribution in [0.5, 0.6) is 5.75 Å². The van der Waals surface area contributed by atoms with Crippen LogP contribution in [0, 0.1) is 5.92 Å². The zero-order valence-electron chi connectivity index (χ0n) is 12.5. The molecular formula is C15H23N3O3. The second-order valence-corrected chi connectivity index (χ2v) is 4.76. The largest absolute Gasteiger partial charge is 0.497 e. The smallest absolute Gasteiger partial charge is 0.230 e. The average Bonchev–Trinajstić information content (AvgIpc) is 2.52. The number of nitrogens with two attached hydrogens (primary N) is 1. The summed E-state index contributed by atoms with van der Waals surface area (Å²) in [7, 11) is 1.62. The molecule has 6 heteroatoms. The van der Waals surface area contributed by atoms with Gasteiger partial charge in [-0.3, -0.25) is 4.79 Å². The van der Waals surface area contributed by atoms with E-state index in [-0.39, 0.29) is 11.7 Å². The number of hydrogen-bond acceptors (Lipinski definition) is 4. The molecule has 1 aromatic carbocycles. The maximum absolute atomic E-state index is 12.0. The lowest BCUT2D eigenvalue weighted by Crippen LogP contribution is -2.39. The maximum atomic E-state index is 12.0. The summed E-state index contributed by atoms with van der Waals surface area (Å²) in [5, 5.41) is 14.5. The minimum atomic E-state index is -0.573. The van der Waals surface area contributed by atoms with Crippen molar-refractivity contribution in [3.8, 4) is 5.75 Å². The van der Waals surface area contributed by atoms with Crippen LogP contribution >= 0.6 is 0 Å². The third kappa shape index (κ3) is 5.33. The normalized spacial score (nSPS) is 12.8. The topological polar surface area (TPSA) is 96.9 Å². The van der Waals surface area contributed by atoms with Crippen LogP contribution in [-0.4, -0.2) is 30.6 Å². The molecule has 6 nitrogen and oxygen atoms in total. The summed E-state index contributed by atoms with van der Waals surface area (Å²) in [6.45, 7) is 2.45. The number of carbonyl (C=O) groups excluding carboxylic acids is 1. The van der Waals surface area contributed by atoms with Gasteiger partial charge < -0.3 is 21.0 Å². The van der Waals surface area contributed by atoms with Gasteiger partial charge in [0.2, 0.25) is 5.91 Å². The van der Waals surface area contributed by atoms with Crippen molar-refractivity contribution in [2.24, 2.45) is 16.8 Å². The van der Waals surface area contributed by atoms with Gasteiger partial charge in [-0.25, -0.2) is 0 Å². The molecule has 0 aromatic heterocycles. The number of benzene rings is 1. The molecule has 0 aliphatic carbocycles. The molecule has 1 aromatic rings. The van der Waals surface area contributed by atoms with Crippen molar-refractivity contribution in [3.05, 3.63) is 29.8 Å².